The molecule has 0 spiro atoms. The Bertz CT molecular complexity index is 1010. The fourth-order valence-corrected chi connectivity index (χ4v) is 2.80. The van der Waals surface area contributed by atoms with Crippen molar-refractivity contribution in [3.05, 3.63) is 41.7 Å². The van der Waals surface area contributed by atoms with Gasteiger partial charge in [-0.25, -0.2) is 9.97 Å². The van der Waals surface area contributed by atoms with Gasteiger partial charge in [-0.2, -0.15) is 0 Å². The van der Waals surface area contributed by atoms with Crippen molar-refractivity contribution < 1.29 is 19.0 Å². The smallest absolute Gasteiger partial charge is 0.250 e. The van der Waals surface area contributed by atoms with E-state index >= 15 is 0 Å². The number of rotatable bonds is 7. The Kier molecular flexibility index (Phi) is 6.13. The predicted octanol–water partition coefficient (Wildman–Crippen LogP) is 3.63. The SMILES string of the molecule is COCC(=O)Nc1cc(Nc2ncnc3cc(OC)c(OC)cc23)ccc1Cl. The van der Waals surface area contributed by atoms with Gasteiger partial charge in [0.05, 0.1) is 30.4 Å². The molecule has 1 heterocycles. The first-order chi connectivity index (χ1) is 13.5. The second-order valence-corrected chi connectivity index (χ2v) is 6.15. The number of methoxy groups -OCH3 is 3. The first-order valence-corrected chi connectivity index (χ1v) is 8.65. The molecule has 0 saturated heterocycles. The summed E-state index contributed by atoms with van der Waals surface area (Å²) in [6.45, 7) is -0.0633. The van der Waals surface area contributed by atoms with Crippen molar-refractivity contribution in [2.45, 2.75) is 0 Å². The number of carbonyl (C=O) groups excluding carboxylic acids is 1. The Labute approximate surface area is 166 Å². The lowest BCUT2D eigenvalue weighted by Gasteiger charge is -2.13. The number of hydrogen-bond donors (Lipinski definition) is 2. The van der Waals surface area contributed by atoms with Gasteiger partial charge in [0.15, 0.2) is 11.5 Å². The summed E-state index contributed by atoms with van der Waals surface area (Å²) in [5.41, 5.74) is 1.84. The number of nitrogens with one attached hydrogen (secondary N) is 2. The second-order valence-electron chi connectivity index (χ2n) is 5.75. The van der Waals surface area contributed by atoms with Gasteiger partial charge >= 0.3 is 0 Å². The Morgan fingerprint density at radius 1 is 1.07 bits per heavy atom. The molecule has 0 bridgehead atoms. The number of halogens is 1. The largest absolute Gasteiger partial charge is 0.493 e. The number of fused-ring (bicyclic) bond motifs is 1. The minimum atomic E-state index is -0.300. The number of aromatic nitrogens is 2. The molecule has 2 N–H and O–H groups in total. The van der Waals surface area contributed by atoms with Crippen molar-refractivity contribution >= 4 is 45.6 Å². The molecule has 0 atom stereocenters. The zero-order valence-electron chi connectivity index (χ0n) is 15.6. The van der Waals surface area contributed by atoms with E-state index in [2.05, 4.69) is 20.6 Å². The van der Waals surface area contributed by atoms with Crippen molar-refractivity contribution in [3.63, 3.8) is 0 Å². The predicted molar refractivity (Wildman–Crippen MR) is 108 cm³/mol. The van der Waals surface area contributed by atoms with E-state index in [0.717, 1.165) is 5.39 Å². The van der Waals surface area contributed by atoms with Gasteiger partial charge in [-0.15, -0.1) is 0 Å². The zero-order valence-corrected chi connectivity index (χ0v) is 16.3. The molecule has 2 aromatic carbocycles. The summed E-state index contributed by atoms with van der Waals surface area (Å²) < 4.78 is 15.5. The summed E-state index contributed by atoms with van der Waals surface area (Å²) in [4.78, 5) is 20.4. The van der Waals surface area contributed by atoms with Gasteiger partial charge in [0.2, 0.25) is 5.91 Å². The molecule has 0 aliphatic heterocycles. The molecule has 0 fully saturated rings. The van der Waals surface area contributed by atoms with Gasteiger partial charge in [-0.05, 0) is 24.3 Å². The van der Waals surface area contributed by atoms with E-state index in [4.69, 9.17) is 25.8 Å². The molecule has 1 amide bonds. The normalized spacial score (nSPS) is 10.6. The second kappa shape index (κ2) is 8.73. The molecule has 146 valence electrons. The van der Waals surface area contributed by atoms with Crippen molar-refractivity contribution in [1.29, 1.82) is 0 Å². The fourth-order valence-electron chi connectivity index (χ4n) is 2.64. The standard InChI is InChI=1S/C19H19ClN4O4/c1-26-9-18(25)24-15-6-11(4-5-13(15)20)23-19-12-7-16(27-2)17(28-3)8-14(12)21-10-22-19/h4-8,10H,9H2,1-3H3,(H,24,25)(H,21,22,23). The van der Waals surface area contributed by atoms with Crippen LogP contribution in [0.15, 0.2) is 36.7 Å². The quantitative estimate of drug-likeness (QED) is 0.623. The zero-order chi connectivity index (χ0) is 20.1. The lowest BCUT2D eigenvalue weighted by molar-refractivity contribution is -0.119. The van der Waals surface area contributed by atoms with Crippen LogP contribution in [0.2, 0.25) is 5.02 Å². The number of nitrogens with zero attached hydrogens (tertiary/aromatic N) is 2. The van der Waals surface area contributed by atoms with E-state index in [0.29, 0.717) is 39.2 Å². The summed E-state index contributed by atoms with van der Waals surface area (Å²) in [6, 6.07) is 8.75. The molecule has 28 heavy (non-hydrogen) atoms. The van der Waals surface area contributed by atoms with E-state index in [1.165, 1.54) is 13.4 Å². The highest BCUT2D eigenvalue weighted by molar-refractivity contribution is 6.33. The van der Waals surface area contributed by atoms with Crippen molar-refractivity contribution in [2.75, 3.05) is 38.6 Å². The fraction of sp³-hybridized carbons (Fsp3) is 0.211. The average Bonchev–Trinajstić information content (AvgIpc) is 2.70. The average molecular weight is 403 g/mol. The first-order valence-electron chi connectivity index (χ1n) is 8.27. The molecule has 0 radical (unpaired) electrons. The van der Waals surface area contributed by atoms with Crippen LogP contribution in [0.3, 0.4) is 0 Å². The Morgan fingerprint density at radius 3 is 2.54 bits per heavy atom. The summed E-state index contributed by atoms with van der Waals surface area (Å²) in [5.74, 6) is 1.42. The van der Waals surface area contributed by atoms with Crippen LogP contribution in [0.1, 0.15) is 0 Å². The van der Waals surface area contributed by atoms with Crippen LogP contribution in [0.5, 0.6) is 11.5 Å². The monoisotopic (exact) mass is 402 g/mol. The van der Waals surface area contributed by atoms with Crippen LogP contribution in [0.25, 0.3) is 10.9 Å². The topological polar surface area (TPSA) is 94.6 Å². The summed E-state index contributed by atoms with van der Waals surface area (Å²) in [5, 5.41) is 7.08. The molecule has 0 aliphatic rings. The number of ether oxygens (including phenoxy) is 3. The van der Waals surface area contributed by atoms with Crippen LogP contribution in [-0.4, -0.2) is 43.8 Å². The third kappa shape index (κ3) is 4.24. The maximum atomic E-state index is 11.8. The van der Waals surface area contributed by atoms with Gasteiger partial charge in [0.25, 0.3) is 0 Å². The molecule has 0 saturated carbocycles. The summed E-state index contributed by atoms with van der Waals surface area (Å²) in [6.07, 6.45) is 1.45. The molecule has 1 aromatic heterocycles. The highest BCUT2D eigenvalue weighted by Gasteiger charge is 2.12. The number of hydrogen-bond acceptors (Lipinski definition) is 7. The van der Waals surface area contributed by atoms with Crippen LogP contribution in [0, 0.1) is 0 Å². The van der Waals surface area contributed by atoms with Gasteiger partial charge in [0, 0.05) is 24.2 Å². The molecule has 9 heteroatoms. The van der Waals surface area contributed by atoms with Gasteiger partial charge in [-0.1, -0.05) is 11.6 Å². The Balaban J connectivity index is 1.95. The maximum absolute atomic E-state index is 11.8. The highest BCUT2D eigenvalue weighted by atomic mass is 35.5. The third-order valence-electron chi connectivity index (χ3n) is 3.92. The van der Waals surface area contributed by atoms with Crippen molar-refractivity contribution in [3.8, 4) is 11.5 Å². The first kappa shape index (κ1) is 19.7. The molecular weight excluding hydrogens is 384 g/mol. The lowest BCUT2D eigenvalue weighted by atomic mass is 10.2. The molecular formula is C19H19ClN4O4. The molecule has 3 aromatic rings. The molecule has 8 nitrogen and oxygen atoms in total. The van der Waals surface area contributed by atoms with E-state index < -0.39 is 0 Å². The van der Waals surface area contributed by atoms with Crippen LogP contribution in [-0.2, 0) is 9.53 Å². The number of carbonyl (C=O) groups is 1. The van der Waals surface area contributed by atoms with Crippen LogP contribution >= 0.6 is 11.6 Å². The van der Waals surface area contributed by atoms with Gasteiger partial charge in [-0.3, -0.25) is 4.79 Å². The van der Waals surface area contributed by atoms with Gasteiger partial charge < -0.3 is 24.8 Å². The van der Waals surface area contributed by atoms with E-state index in [9.17, 15) is 4.79 Å². The van der Waals surface area contributed by atoms with Crippen molar-refractivity contribution in [1.82, 2.24) is 9.97 Å². The van der Waals surface area contributed by atoms with E-state index in [-0.39, 0.29) is 12.5 Å². The minimum Gasteiger partial charge on any atom is -0.493 e. The van der Waals surface area contributed by atoms with Gasteiger partial charge in [0.1, 0.15) is 18.8 Å². The summed E-state index contributed by atoms with van der Waals surface area (Å²) >= 11 is 6.17. The number of amides is 1. The number of anilines is 3. The molecule has 3 rings (SSSR count). The van der Waals surface area contributed by atoms with Crippen LogP contribution in [0.4, 0.5) is 17.2 Å². The maximum Gasteiger partial charge on any atom is 0.250 e. The Morgan fingerprint density at radius 2 is 1.82 bits per heavy atom. The lowest BCUT2D eigenvalue weighted by Crippen LogP contribution is -2.17. The Hall–Kier alpha value is -3.10. The summed E-state index contributed by atoms with van der Waals surface area (Å²) in [7, 11) is 4.58. The third-order valence-corrected chi connectivity index (χ3v) is 4.25. The minimum absolute atomic E-state index is 0.0633. The highest BCUT2D eigenvalue weighted by Crippen LogP contribution is 2.35. The van der Waals surface area contributed by atoms with E-state index in [1.54, 1.807) is 44.6 Å². The molecule has 0 aliphatic carbocycles. The van der Waals surface area contributed by atoms with Crippen molar-refractivity contribution in [2.24, 2.45) is 0 Å². The van der Waals surface area contributed by atoms with Crippen LogP contribution < -0.4 is 20.1 Å². The number of benzene rings is 2. The molecule has 0 unspecified atom stereocenters. The van der Waals surface area contributed by atoms with E-state index in [1.807, 2.05) is 0 Å².